The van der Waals surface area contributed by atoms with Gasteiger partial charge in [0.15, 0.2) is 11.5 Å². The Morgan fingerprint density at radius 1 is 1.05 bits per heavy atom. The average Bonchev–Trinajstić information content (AvgIpc) is 3.75. The van der Waals surface area contributed by atoms with Crippen molar-refractivity contribution in [2.75, 3.05) is 40.9 Å². The van der Waals surface area contributed by atoms with Crippen LogP contribution in [0.15, 0.2) is 42.5 Å². The van der Waals surface area contributed by atoms with Crippen LogP contribution in [0.25, 0.3) is 0 Å². The molecular weight excluding hydrogens is 472 g/mol. The number of hydrogen-bond donors (Lipinski definition) is 1. The number of nitrogens with zero attached hydrogens (tertiary/aromatic N) is 2. The molecule has 5 unspecified atom stereocenters. The van der Waals surface area contributed by atoms with Crippen molar-refractivity contribution in [1.82, 2.24) is 9.80 Å². The molecule has 38 heavy (non-hydrogen) atoms. The van der Waals surface area contributed by atoms with Crippen LogP contribution in [0, 0.1) is 17.3 Å². The highest BCUT2D eigenvalue weighted by atomic mass is 16.5. The minimum Gasteiger partial charge on any atom is -0.504 e. The molecule has 6 aliphatic rings. The largest absolute Gasteiger partial charge is 0.504 e. The van der Waals surface area contributed by atoms with E-state index in [-0.39, 0.29) is 16.4 Å². The van der Waals surface area contributed by atoms with Crippen LogP contribution in [0.5, 0.6) is 11.5 Å². The fourth-order valence-electron chi connectivity index (χ4n) is 9.79. The van der Waals surface area contributed by atoms with E-state index in [9.17, 15) is 5.11 Å². The standard InChI is InChI=1S/C33H44N2O3/c1-34(19-23-7-5-4-6-8-23)21-26-18-31-13-14-33(26,38-3)22-32(31)15-16-35(20-24-9-10-24)28(31)17-25-11-12-27(36)30(37-2)29(25)32/h4-8,11-12,24,26,28,36H,9-10,13-22H2,1-3H3. The molecule has 1 N–H and O–H groups in total. The first kappa shape index (κ1) is 24.9. The first-order valence-corrected chi connectivity index (χ1v) is 14.8. The molecule has 1 saturated heterocycles. The third-order valence-electron chi connectivity index (χ3n) is 11.6. The van der Waals surface area contributed by atoms with Gasteiger partial charge in [0.2, 0.25) is 0 Å². The number of fused-ring (bicyclic) bond motifs is 3. The van der Waals surface area contributed by atoms with E-state index in [2.05, 4.69) is 53.2 Å². The smallest absolute Gasteiger partial charge is 0.164 e. The number of ether oxygens (including phenoxy) is 2. The van der Waals surface area contributed by atoms with E-state index in [1.807, 2.05) is 13.2 Å². The van der Waals surface area contributed by atoms with Crippen LogP contribution >= 0.6 is 0 Å². The molecule has 4 saturated carbocycles. The molecular formula is C33H44N2O3. The summed E-state index contributed by atoms with van der Waals surface area (Å²) in [6.45, 7) is 4.44. The van der Waals surface area contributed by atoms with Gasteiger partial charge >= 0.3 is 0 Å². The molecule has 5 atom stereocenters. The normalized spacial score (nSPS) is 35.7. The summed E-state index contributed by atoms with van der Waals surface area (Å²) in [5, 5.41) is 11.0. The molecule has 1 heterocycles. The summed E-state index contributed by atoms with van der Waals surface area (Å²) in [6.07, 6.45) is 9.61. The summed E-state index contributed by atoms with van der Waals surface area (Å²) in [5.74, 6) is 2.42. The highest BCUT2D eigenvalue weighted by Crippen LogP contribution is 2.73. The Bertz CT molecular complexity index is 1200. The molecule has 4 bridgehead atoms. The van der Waals surface area contributed by atoms with Crippen LogP contribution in [-0.4, -0.2) is 67.5 Å². The zero-order valence-corrected chi connectivity index (χ0v) is 23.4. The van der Waals surface area contributed by atoms with Gasteiger partial charge in [-0.25, -0.2) is 0 Å². The second-order valence-electron chi connectivity index (χ2n) is 13.3. The van der Waals surface area contributed by atoms with Crippen molar-refractivity contribution < 1.29 is 14.6 Å². The second kappa shape index (κ2) is 8.97. The van der Waals surface area contributed by atoms with Gasteiger partial charge in [-0.1, -0.05) is 36.4 Å². The Hall–Kier alpha value is -2.08. The Morgan fingerprint density at radius 2 is 1.87 bits per heavy atom. The molecule has 8 rings (SSSR count). The number of benzene rings is 2. The number of likely N-dealkylation sites (tertiary alicyclic amines) is 1. The molecule has 5 fully saturated rings. The van der Waals surface area contributed by atoms with Crippen molar-refractivity contribution in [2.24, 2.45) is 17.3 Å². The van der Waals surface area contributed by atoms with Crippen LogP contribution in [0.1, 0.15) is 61.6 Å². The lowest BCUT2D eigenvalue weighted by molar-refractivity contribution is -0.240. The number of hydrogen-bond acceptors (Lipinski definition) is 5. The lowest BCUT2D eigenvalue weighted by Gasteiger charge is -2.74. The molecule has 5 aliphatic carbocycles. The average molecular weight is 517 g/mol. The summed E-state index contributed by atoms with van der Waals surface area (Å²) in [7, 11) is 5.98. The first-order valence-electron chi connectivity index (χ1n) is 14.8. The van der Waals surface area contributed by atoms with Gasteiger partial charge in [0.05, 0.1) is 12.7 Å². The summed E-state index contributed by atoms with van der Waals surface area (Å²) in [6, 6.07) is 15.5. The number of methoxy groups -OCH3 is 2. The second-order valence-corrected chi connectivity index (χ2v) is 13.3. The maximum atomic E-state index is 11.0. The molecule has 1 spiro atoms. The van der Waals surface area contributed by atoms with Crippen molar-refractivity contribution in [2.45, 2.75) is 75.0 Å². The predicted molar refractivity (Wildman–Crippen MR) is 150 cm³/mol. The van der Waals surface area contributed by atoms with Gasteiger partial charge in [-0.2, -0.15) is 0 Å². The van der Waals surface area contributed by atoms with Crippen LogP contribution in [-0.2, 0) is 23.1 Å². The molecule has 2 aromatic carbocycles. The van der Waals surface area contributed by atoms with Crippen molar-refractivity contribution in [3.05, 3.63) is 59.2 Å². The van der Waals surface area contributed by atoms with E-state index in [1.165, 1.54) is 48.9 Å². The topological polar surface area (TPSA) is 45.2 Å². The van der Waals surface area contributed by atoms with Gasteiger partial charge in [0.25, 0.3) is 0 Å². The number of rotatable bonds is 8. The van der Waals surface area contributed by atoms with E-state index >= 15 is 0 Å². The van der Waals surface area contributed by atoms with Crippen LogP contribution in [0.2, 0.25) is 0 Å². The Kier molecular flexibility index (Phi) is 5.88. The van der Waals surface area contributed by atoms with Crippen molar-refractivity contribution in [3.63, 3.8) is 0 Å². The van der Waals surface area contributed by atoms with Gasteiger partial charge in [-0.05, 0) is 93.5 Å². The SMILES string of the molecule is COc1c(O)ccc2c1C13CCN(CC4CC4)C(C2)C12CCC(OC)(C3)C(CN(C)Cc1ccccc1)C2. The lowest BCUT2D eigenvalue weighted by Crippen LogP contribution is -2.76. The summed E-state index contributed by atoms with van der Waals surface area (Å²) in [5.41, 5.74) is 4.15. The van der Waals surface area contributed by atoms with Gasteiger partial charge in [-0.3, -0.25) is 4.90 Å². The summed E-state index contributed by atoms with van der Waals surface area (Å²) in [4.78, 5) is 5.42. The zero-order chi connectivity index (χ0) is 26.1. The molecule has 1 aliphatic heterocycles. The third-order valence-corrected chi connectivity index (χ3v) is 11.6. The van der Waals surface area contributed by atoms with Gasteiger partial charge in [0.1, 0.15) is 0 Å². The van der Waals surface area contributed by atoms with Crippen molar-refractivity contribution in [1.29, 1.82) is 0 Å². The Labute approximate surface area is 228 Å². The third kappa shape index (κ3) is 3.54. The van der Waals surface area contributed by atoms with E-state index in [0.717, 1.165) is 57.0 Å². The zero-order valence-electron chi connectivity index (χ0n) is 23.4. The van der Waals surface area contributed by atoms with E-state index in [1.54, 1.807) is 7.11 Å². The molecule has 0 aromatic heterocycles. The number of piperidine rings is 1. The van der Waals surface area contributed by atoms with Crippen LogP contribution in [0.3, 0.4) is 0 Å². The van der Waals surface area contributed by atoms with E-state index in [4.69, 9.17) is 9.47 Å². The van der Waals surface area contributed by atoms with Gasteiger partial charge < -0.3 is 19.5 Å². The fraction of sp³-hybridized carbons (Fsp3) is 0.636. The number of phenols is 1. The number of phenolic OH excluding ortho intramolecular Hbond substituents is 1. The molecule has 5 nitrogen and oxygen atoms in total. The maximum Gasteiger partial charge on any atom is 0.164 e. The van der Waals surface area contributed by atoms with Gasteiger partial charge in [-0.15, -0.1) is 0 Å². The summed E-state index contributed by atoms with van der Waals surface area (Å²) < 4.78 is 12.6. The molecule has 204 valence electrons. The van der Waals surface area contributed by atoms with Crippen LogP contribution in [0.4, 0.5) is 0 Å². The highest BCUT2D eigenvalue weighted by molar-refractivity contribution is 5.58. The first-order chi connectivity index (χ1) is 18.4. The van der Waals surface area contributed by atoms with Gasteiger partial charge in [0, 0.05) is 49.7 Å². The molecule has 0 radical (unpaired) electrons. The predicted octanol–water partition coefficient (Wildman–Crippen LogP) is 5.39. The number of aromatic hydroxyl groups is 1. The van der Waals surface area contributed by atoms with Crippen molar-refractivity contribution in [3.8, 4) is 11.5 Å². The minimum absolute atomic E-state index is 0.00184. The molecule has 2 aromatic rings. The Morgan fingerprint density at radius 3 is 2.61 bits per heavy atom. The molecule has 0 amide bonds. The van der Waals surface area contributed by atoms with Crippen molar-refractivity contribution >= 4 is 0 Å². The Balaban J connectivity index is 1.30. The van der Waals surface area contributed by atoms with E-state index in [0.29, 0.717) is 17.7 Å². The monoisotopic (exact) mass is 516 g/mol. The fourth-order valence-corrected chi connectivity index (χ4v) is 9.79. The maximum absolute atomic E-state index is 11.0. The van der Waals surface area contributed by atoms with E-state index < -0.39 is 0 Å². The highest BCUT2D eigenvalue weighted by Gasteiger charge is 2.73. The molecule has 5 heteroatoms. The minimum atomic E-state index is -0.138. The van der Waals surface area contributed by atoms with Crippen LogP contribution < -0.4 is 4.74 Å². The summed E-state index contributed by atoms with van der Waals surface area (Å²) >= 11 is 0. The quantitative estimate of drug-likeness (QED) is 0.510. The lowest BCUT2D eigenvalue weighted by atomic mass is 9.35.